The third-order valence-electron chi connectivity index (χ3n) is 8.04. The number of pyridine rings is 1. The molecule has 0 saturated heterocycles. The maximum absolute atomic E-state index is 14.0. The fraction of sp³-hybridized carbons (Fsp3) is 0.171. The molecule has 2 aromatic heterocycles. The predicted molar refractivity (Wildman–Crippen MR) is 172 cm³/mol. The molecule has 7 nitrogen and oxygen atoms in total. The van der Waals surface area contributed by atoms with E-state index in [4.69, 9.17) is 0 Å². The average Bonchev–Trinajstić information content (AvgIpc) is 3.37. The van der Waals surface area contributed by atoms with Gasteiger partial charge >= 0.3 is 0 Å². The number of aryl methyl sites for hydroxylation is 2. The summed E-state index contributed by atoms with van der Waals surface area (Å²) in [6.45, 7) is 2.17. The zero-order valence-corrected chi connectivity index (χ0v) is 24.9. The maximum Gasteiger partial charge on any atom is 0.258 e. The van der Waals surface area contributed by atoms with E-state index in [2.05, 4.69) is 9.71 Å². The van der Waals surface area contributed by atoms with Gasteiger partial charge in [0.1, 0.15) is 5.75 Å². The van der Waals surface area contributed by atoms with Crippen molar-refractivity contribution in [1.82, 2.24) is 14.3 Å². The van der Waals surface area contributed by atoms with Gasteiger partial charge in [-0.05, 0) is 48.2 Å². The van der Waals surface area contributed by atoms with Crippen molar-refractivity contribution in [2.75, 3.05) is 6.54 Å². The molecule has 0 aliphatic heterocycles. The summed E-state index contributed by atoms with van der Waals surface area (Å²) in [5, 5.41) is 13.2. The number of hydrogen-bond acceptors (Lipinski definition) is 4. The molecular formula is C35H33N3O4S. The minimum absolute atomic E-state index is 0.0579. The highest BCUT2D eigenvalue weighted by Gasteiger charge is 2.30. The number of benzene rings is 4. The minimum atomic E-state index is -3.58. The second-order valence-corrected chi connectivity index (χ2v) is 12.7. The highest BCUT2D eigenvalue weighted by Crippen LogP contribution is 2.41. The molecule has 3 N–H and O–H groups in total. The summed E-state index contributed by atoms with van der Waals surface area (Å²) in [5.41, 5.74) is 5.74. The van der Waals surface area contributed by atoms with E-state index in [0.29, 0.717) is 22.9 Å². The van der Waals surface area contributed by atoms with E-state index in [1.807, 2.05) is 97.9 Å². The number of nitrogens with one attached hydrogen (secondary N) is 2. The second kappa shape index (κ2) is 11.6. The van der Waals surface area contributed by atoms with E-state index in [1.165, 1.54) is 0 Å². The van der Waals surface area contributed by atoms with Crippen LogP contribution in [0.3, 0.4) is 0 Å². The summed E-state index contributed by atoms with van der Waals surface area (Å²) < 4.78 is 30.2. The molecule has 6 rings (SSSR count). The first-order valence-corrected chi connectivity index (χ1v) is 15.9. The summed E-state index contributed by atoms with van der Waals surface area (Å²) in [6, 6.07) is 32.2. The third-order valence-corrected chi connectivity index (χ3v) is 9.40. The van der Waals surface area contributed by atoms with Crippen molar-refractivity contribution in [1.29, 1.82) is 0 Å². The van der Waals surface area contributed by atoms with Crippen molar-refractivity contribution in [3.05, 3.63) is 147 Å². The quantitative estimate of drug-likeness (QED) is 0.195. The molecule has 1 atom stereocenters. The van der Waals surface area contributed by atoms with Crippen LogP contribution in [0.2, 0.25) is 0 Å². The Morgan fingerprint density at radius 2 is 1.51 bits per heavy atom. The molecule has 0 radical (unpaired) electrons. The van der Waals surface area contributed by atoms with Gasteiger partial charge in [0.15, 0.2) is 0 Å². The average molecular weight is 592 g/mol. The van der Waals surface area contributed by atoms with Crippen LogP contribution in [0.25, 0.3) is 21.8 Å². The molecule has 0 aliphatic rings. The van der Waals surface area contributed by atoms with E-state index in [1.54, 1.807) is 23.7 Å². The van der Waals surface area contributed by atoms with Crippen molar-refractivity contribution in [2.24, 2.45) is 7.05 Å². The normalized spacial score (nSPS) is 12.6. The van der Waals surface area contributed by atoms with Gasteiger partial charge in [0, 0.05) is 35.6 Å². The highest BCUT2D eigenvalue weighted by atomic mass is 32.2. The summed E-state index contributed by atoms with van der Waals surface area (Å²) in [5.74, 6) is -0.800. The van der Waals surface area contributed by atoms with Gasteiger partial charge in [-0.25, -0.2) is 13.1 Å². The van der Waals surface area contributed by atoms with Crippen molar-refractivity contribution >= 4 is 31.8 Å². The van der Waals surface area contributed by atoms with Crippen molar-refractivity contribution in [3.63, 3.8) is 0 Å². The number of aromatic nitrogens is 2. The van der Waals surface area contributed by atoms with Gasteiger partial charge < -0.3 is 14.7 Å². The van der Waals surface area contributed by atoms with Crippen LogP contribution in [0.15, 0.2) is 108 Å². The van der Waals surface area contributed by atoms with E-state index in [-0.39, 0.29) is 29.2 Å². The number of rotatable bonds is 9. The van der Waals surface area contributed by atoms with Crippen LogP contribution in [0.1, 0.15) is 39.4 Å². The standard InChI is InChI=1S/C35H33N3O4S/c1-23-16-18-25(19-17-23)31(32-34(39)28-13-7-9-15-30(28)38(2)35(32)40)33-27(26-12-6-8-14-29(26)37-33)20-21-36-43(41,42)22-24-10-4-3-5-11-24/h3-19,31,36-37,39H,20-22H2,1-2H3. The lowest BCUT2D eigenvalue weighted by atomic mass is 9.85. The number of fused-ring (bicyclic) bond motifs is 2. The van der Waals surface area contributed by atoms with Crippen LogP contribution < -0.4 is 10.3 Å². The maximum atomic E-state index is 14.0. The predicted octanol–water partition coefficient (Wildman–Crippen LogP) is 5.88. The molecule has 0 amide bonds. The molecule has 8 heteroatoms. The third kappa shape index (κ3) is 5.59. The second-order valence-electron chi connectivity index (χ2n) is 10.9. The van der Waals surface area contributed by atoms with Crippen molar-refractivity contribution < 1.29 is 13.5 Å². The van der Waals surface area contributed by atoms with E-state index in [0.717, 1.165) is 33.3 Å². The van der Waals surface area contributed by atoms with Gasteiger partial charge in [-0.1, -0.05) is 90.5 Å². The lowest BCUT2D eigenvalue weighted by Gasteiger charge is -2.22. The molecular weight excluding hydrogens is 558 g/mol. The molecule has 2 heterocycles. The molecule has 4 aromatic carbocycles. The van der Waals surface area contributed by atoms with Gasteiger partial charge in [-0.2, -0.15) is 0 Å². The smallest absolute Gasteiger partial charge is 0.258 e. The largest absolute Gasteiger partial charge is 0.507 e. The minimum Gasteiger partial charge on any atom is -0.507 e. The van der Waals surface area contributed by atoms with Crippen molar-refractivity contribution in [2.45, 2.75) is 25.0 Å². The first-order chi connectivity index (χ1) is 20.7. The Morgan fingerprint density at radius 1 is 0.860 bits per heavy atom. The fourth-order valence-electron chi connectivity index (χ4n) is 5.91. The molecule has 0 saturated carbocycles. The van der Waals surface area contributed by atoms with Gasteiger partial charge in [0.05, 0.1) is 22.8 Å². The van der Waals surface area contributed by atoms with Crippen LogP contribution in [0, 0.1) is 6.92 Å². The SMILES string of the molecule is Cc1ccc(C(c2[nH]c3ccccc3c2CCNS(=O)(=O)Cc2ccccc2)c2c(O)c3ccccc3n(C)c2=O)cc1. The molecule has 0 spiro atoms. The fourth-order valence-corrected chi connectivity index (χ4v) is 7.06. The van der Waals surface area contributed by atoms with Crippen molar-refractivity contribution in [3.8, 4) is 5.75 Å². The number of sulfonamides is 1. The molecule has 0 bridgehead atoms. The van der Waals surface area contributed by atoms with Gasteiger partial charge in [0.25, 0.3) is 5.56 Å². The van der Waals surface area contributed by atoms with E-state index in [9.17, 15) is 18.3 Å². The number of hydrogen-bond donors (Lipinski definition) is 3. The molecule has 0 aliphatic carbocycles. The van der Waals surface area contributed by atoms with Crippen LogP contribution in [-0.4, -0.2) is 29.6 Å². The topological polar surface area (TPSA) is 104 Å². The number of nitrogens with zero attached hydrogens (tertiary/aromatic N) is 1. The lowest BCUT2D eigenvalue weighted by Crippen LogP contribution is -2.28. The van der Waals surface area contributed by atoms with Crippen LogP contribution >= 0.6 is 0 Å². The Labute approximate surface area is 250 Å². The number of H-pyrrole nitrogens is 1. The molecule has 6 aromatic rings. The Hall–Kier alpha value is -4.66. The molecule has 43 heavy (non-hydrogen) atoms. The van der Waals surface area contributed by atoms with E-state index < -0.39 is 15.9 Å². The first-order valence-electron chi connectivity index (χ1n) is 14.2. The summed E-state index contributed by atoms with van der Waals surface area (Å²) in [6.07, 6.45) is 0.379. The number of aromatic hydroxyl groups is 1. The Morgan fingerprint density at radius 3 is 2.26 bits per heavy atom. The Kier molecular flexibility index (Phi) is 7.64. The van der Waals surface area contributed by atoms with Gasteiger partial charge in [0.2, 0.25) is 10.0 Å². The molecule has 218 valence electrons. The first kappa shape index (κ1) is 28.5. The molecule has 1 unspecified atom stereocenters. The highest BCUT2D eigenvalue weighted by molar-refractivity contribution is 7.88. The Bertz CT molecular complexity index is 2100. The summed E-state index contributed by atoms with van der Waals surface area (Å²) >= 11 is 0. The summed E-state index contributed by atoms with van der Waals surface area (Å²) in [4.78, 5) is 17.6. The van der Waals surface area contributed by atoms with Gasteiger partial charge in [-0.15, -0.1) is 0 Å². The zero-order chi connectivity index (χ0) is 30.1. The Balaban J connectivity index is 1.48. The van der Waals surface area contributed by atoms with Gasteiger partial charge in [-0.3, -0.25) is 4.79 Å². The van der Waals surface area contributed by atoms with Crippen LogP contribution in [-0.2, 0) is 29.2 Å². The number of para-hydroxylation sites is 2. The zero-order valence-electron chi connectivity index (χ0n) is 24.0. The van der Waals surface area contributed by atoms with E-state index >= 15 is 0 Å². The van der Waals surface area contributed by atoms with Crippen LogP contribution in [0.4, 0.5) is 0 Å². The lowest BCUT2D eigenvalue weighted by molar-refractivity contribution is 0.470. The molecule has 0 fully saturated rings. The number of aromatic amines is 1. The van der Waals surface area contributed by atoms with Crippen LogP contribution in [0.5, 0.6) is 5.75 Å². The monoisotopic (exact) mass is 591 g/mol. The summed E-state index contributed by atoms with van der Waals surface area (Å²) in [7, 11) is -1.86.